The number of amides is 2. The molecule has 2 aromatic carbocycles. The van der Waals surface area contributed by atoms with Crippen molar-refractivity contribution in [2.45, 2.75) is 19.6 Å². The van der Waals surface area contributed by atoms with Crippen molar-refractivity contribution in [1.29, 1.82) is 0 Å². The first-order valence-corrected chi connectivity index (χ1v) is 9.41. The molecule has 11 heteroatoms. The lowest BCUT2D eigenvalue weighted by atomic mass is 10.2. The van der Waals surface area contributed by atoms with Gasteiger partial charge in [0, 0.05) is 20.0 Å². The third-order valence-electron chi connectivity index (χ3n) is 4.18. The number of fused-ring (bicyclic) bond motifs is 1. The van der Waals surface area contributed by atoms with E-state index < -0.39 is 17.9 Å². The van der Waals surface area contributed by atoms with Crippen LogP contribution >= 0.6 is 23.2 Å². The van der Waals surface area contributed by atoms with E-state index in [4.69, 9.17) is 23.2 Å². The van der Waals surface area contributed by atoms with Crippen LogP contribution in [-0.2, 0) is 17.5 Å². The number of benzene rings is 2. The summed E-state index contributed by atoms with van der Waals surface area (Å²) in [5, 5.41) is 5.18. The van der Waals surface area contributed by atoms with Crippen molar-refractivity contribution >= 4 is 51.7 Å². The van der Waals surface area contributed by atoms with Crippen molar-refractivity contribution in [3.63, 3.8) is 0 Å². The molecule has 0 aliphatic rings. The molecular formula is C19H15Cl2F3N4O2. The fraction of sp³-hybridized carbons (Fsp3) is 0.211. The Bertz CT molecular complexity index is 1110. The highest BCUT2D eigenvalue weighted by Crippen LogP contribution is 2.34. The molecule has 0 saturated carbocycles. The Balaban J connectivity index is 2.03. The van der Waals surface area contributed by atoms with Crippen LogP contribution in [-0.4, -0.2) is 27.9 Å². The number of carbonyl (C=O) groups is 2. The van der Waals surface area contributed by atoms with E-state index in [1.54, 1.807) is 6.07 Å². The molecule has 0 radical (unpaired) electrons. The van der Waals surface area contributed by atoms with Gasteiger partial charge in [-0.1, -0.05) is 35.3 Å². The van der Waals surface area contributed by atoms with Gasteiger partial charge in [0.2, 0.25) is 11.7 Å². The maximum atomic E-state index is 13.5. The molecule has 0 spiro atoms. The average molecular weight is 459 g/mol. The summed E-state index contributed by atoms with van der Waals surface area (Å²) in [5.41, 5.74) is 0.163. The summed E-state index contributed by atoms with van der Waals surface area (Å²) < 4.78 is 41.6. The molecule has 0 aliphatic carbocycles. The summed E-state index contributed by atoms with van der Waals surface area (Å²) in [5.74, 6) is -2.18. The number of imidazole rings is 1. The van der Waals surface area contributed by atoms with Crippen molar-refractivity contribution in [2.24, 2.45) is 0 Å². The minimum atomic E-state index is -4.73. The lowest BCUT2D eigenvalue weighted by Crippen LogP contribution is -2.26. The molecule has 0 unspecified atom stereocenters. The van der Waals surface area contributed by atoms with Gasteiger partial charge in [-0.25, -0.2) is 4.98 Å². The van der Waals surface area contributed by atoms with Crippen LogP contribution in [0.5, 0.6) is 0 Å². The van der Waals surface area contributed by atoms with Gasteiger partial charge in [-0.05, 0) is 24.3 Å². The number of rotatable bonds is 5. The van der Waals surface area contributed by atoms with Gasteiger partial charge in [-0.2, -0.15) is 13.2 Å². The maximum absolute atomic E-state index is 13.5. The zero-order valence-corrected chi connectivity index (χ0v) is 17.0. The predicted molar refractivity (Wildman–Crippen MR) is 108 cm³/mol. The zero-order chi connectivity index (χ0) is 22.1. The first-order valence-electron chi connectivity index (χ1n) is 8.66. The topological polar surface area (TPSA) is 76.0 Å². The van der Waals surface area contributed by atoms with Crippen LogP contribution in [0.1, 0.15) is 23.1 Å². The molecule has 6 nitrogen and oxygen atoms in total. The van der Waals surface area contributed by atoms with Crippen LogP contribution in [0, 0.1) is 0 Å². The number of nitrogens with zero attached hydrogens (tertiary/aromatic N) is 2. The van der Waals surface area contributed by atoms with Crippen LogP contribution in [0.25, 0.3) is 11.0 Å². The Morgan fingerprint density at radius 2 is 1.73 bits per heavy atom. The Kier molecular flexibility index (Phi) is 6.23. The van der Waals surface area contributed by atoms with Crippen molar-refractivity contribution in [3.8, 4) is 0 Å². The minimum absolute atomic E-state index is 0.000952. The molecule has 3 rings (SSSR count). The first kappa shape index (κ1) is 21.9. The smallest absolute Gasteiger partial charge is 0.355 e. The second kappa shape index (κ2) is 8.53. The van der Waals surface area contributed by atoms with Crippen LogP contribution in [0.15, 0.2) is 36.4 Å². The van der Waals surface area contributed by atoms with Gasteiger partial charge in [0.25, 0.3) is 5.91 Å². The Morgan fingerprint density at radius 3 is 2.33 bits per heavy atom. The lowest BCUT2D eigenvalue weighted by molar-refractivity contribution is -0.146. The average Bonchev–Trinajstić information content (AvgIpc) is 3.01. The second-order valence-corrected chi connectivity index (χ2v) is 7.11. The standard InChI is InChI=1S/C19H15Cl2F3N4O2/c1-10(29)25-8-9-28-14-7-3-6-13(16(14)27-18(28)19(22,23)24)26-17(30)15-11(20)4-2-5-12(15)21/h2-7H,8-9H2,1H3,(H,25,29)(H,26,30). The maximum Gasteiger partial charge on any atom is 0.449 e. The molecule has 2 N–H and O–H groups in total. The lowest BCUT2D eigenvalue weighted by Gasteiger charge is -2.12. The highest BCUT2D eigenvalue weighted by molar-refractivity contribution is 6.40. The van der Waals surface area contributed by atoms with Crippen LogP contribution in [0.3, 0.4) is 0 Å². The monoisotopic (exact) mass is 458 g/mol. The number of carbonyl (C=O) groups excluding carboxylic acids is 2. The van der Waals surface area contributed by atoms with Gasteiger partial charge in [-0.3, -0.25) is 9.59 Å². The molecular weight excluding hydrogens is 444 g/mol. The predicted octanol–water partition coefficient (Wildman–Crippen LogP) is 4.75. The molecule has 0 aliphatic heterocycles. The summed E-state index contributed by atoms with van der Waals surface area (Å²) in [6.45, 7) is 1.10. The Labute approximate surface area is 179 Å². The number of para-hydroxylation sites is 1. The SMILES string of the molecule is CC(=O)NCCn1c(C(F)(F)F)nc2c(NC(=O)c3c(Cl)cccc3Cl)cccc21. The first-order chi connectivity index (χ1) is 14.1. The summed E-state index contributed by atoms with van der Waals surface area (Å²) in [6.07, 6.45) is -4.73. The summed E-state index contributed by atoms with van der Waals surface area (Å²) in [4.78, 5) is 27.4. The molecule has 0 saturated heterocycles. The highest BCUT2D eigenvalue weighted by atomic mass is 35.5. The number of alkyl halides is 3. The van der Waals surface area contributed by atoms with Gasteiger partial charge in [-0.15, -0.1) is 0 Å². The number of nitrogens with one attached hydrogen (secondary N) is 2. The molecule has 158 valence electrons. The number of anilines is 1. The van der Waals surface area contributed by atoms with E-state index in [0.29, 0.717) is 0 Å². The molecule has 0 fully saturated rings. The second-order valence-electron chi connectivity index (χ2n) is 6.29. The molecule has 3 aromatic rings. The van der Waals surface area contributed by atoms with E-state index in [0.717, 1.165) is 4.57 Å². The van der Waals surface area contributed by atoms with Gasteiger partial charge >= 0.3 is 6.18 Å². The fourth-order valence-electron chi connectivity index (χ4n) is 2.93. The van der Waals surface area contributed by atoms with Crippen molar-refractivity contribution in [3.05, 3.63) is 57.8 Å². The quantitative estimate of drug-likeness (QED) is 0.579. The number of hydrogen-bond donors (Lipinski definition) is 2. The largest absolute Gasteiger partial charge is 0.449 e. The third-order valence-corrected chi connectivity index (χ3v) is 4.81. The molecule has 2 amide bonds. The van der Waals surface area contributed by atoms with E-state index in [2.05, 4.69) is 15.6 Å². The summed E-state index contributed by atoms with van der Waals surface area (Å²) >= 11 is 12.1. The van der Waals surface area contributed by atoms with Crippen LogP contribution in [0.4, 0.5) is 18.9 Å². The molecule has 1 heterocycles. The number of halogens is 5. The normalized spacial score (nSPS) is 11.5. The Morgan fingerprint density at radius 1 is 1.10 bits per heavy atom. The van der Waals surface area contributed by atoms with Gasteiger partial charge in [0.15, 0.2) is 0 Å². The van der Waals surface area contributed by atoms with Gasteiger partial charge < -0.3 is 15.2 Å². The molecule has 0 atom stereocenters. The van der Waals surface area contributed by atoms with E-state index in [9.17, 15) is 22.8 Å². The minimum Gasteiger partial charge on any atom is -0.355 e. The molecule has 0 bridgehead atoms. The number of aromatic nitrogens is 2. The van der Waals surface area contributed by atoms with Crippen molar-refractivity contribution in [2.75, 3.05) is 11.9 Å². The zero-order valence-electron chi connectivity index (χ0n) is 15.5. The summed E-state index contributed by atoms with van der Waals surface area (Å²) in [7, 11) is 0. The molecule has 30 heavy (non-hydrogen) atoms. The van der Waals surface area contributed by atoms with Gasteiger partial charge in [0.1, 0.15) is 5.52 Å². The van der Waals surface area contributed by atoms with Crippen LogP contribution in [0.2, 0.25) is 10.0 Å². The van der Waals surface area contributed by atoms with E-state index in [1.165, 1.54) is 37.3 Å². The van der Waals surface area contributed by atoms with E-state index >= 15 is 0 Å². The van der Waals surface area contributed by atoms with Crippen molar-refractivity contribution in [1.82, 2.24) is 14.9 Å². The fourth-order valence-corrected chi connectivity index (χ4v) is 3.50. The van der Waals surface area contributed by atoms with Crippen molar-refractivity contribution < 1.29 is 22.8 Å². The number of hydrogen-bond acceptors (Lipinski definition) is 3. The van der Waals surface area contributed by atoms with E-state index in [1.807, 2.05) is 0 Å². The van der Waals surface area contributed by atoms with E-state index in [-0.39, 0.29) is 51.3 Å². The highest BCUT2D eigenvalue weighted by Gasteiger charge is 2.38. The van der Waals surface area contributed by atoms with Gasteiger partial charge in [0.05, 0.1) is 26.8 Å². The van der Waals surface area contributed by atoms with Crippen LogP contribution < -0.4 is 10.6 Å². The third kappa shape index (κ3) is 4.52. The molecule has 1 aromatic heterocycles. The Hall–Kier alpha value is -2.78. The summed E-state index contributed by atoms with van der Waals surface area (Å²) in [6, 6.07) is 8.88.